The molecule has 0 atom stereocenters. The molecule has 1 aromatic heterocycles. The molecule has 0 bridgehead atoms. The van der Waals surface area contributed by atoms with Crippen LogP contribution in [0.3, 0.4) is 0 Å². The minimum absolute atomic E-state index is 0.0875. The van der Waals surface area contributed by atoms with Crippen LogP contribution < -0.4 is 5.32 Å². The van der Waals surface area contributed by atoms with E-state index < -0.39 is 5.97 Å². The molecule has 1 heterocycles. The Hall–Kier alpha value is -2.31. The molecule has 0 aromatic carbocycles. The Morgan fingerprint density at radius 3 is 2.35 bits per heavy atom. The van der Waals surface area contributed by atoms with E-state index in [4.69, 9.17) is 5.11 Å². The highest BCUT2D eigenvalue weighted by Crippen LogP contribution is 2.43. The molecule has 0 radical (unpaired) electrons. The summed E-state index contributed by atoms with van der Waals surface area (Å²) in [6.07, 6.45) is 10.9. The zero-order chi connectivity index (χ0) is 28.4. The highest BCUT2D eigenvalue weighted by Gasteiger charge is 2.25. The molecule has 204 valence electrons. The summed E-state index contributed by atoms with van der Waals surface area (Å²) in [4.78, 5) is 25.9. The van der Waals surface area contributed by atoms with Crippen molar-refractivity contribution in [1.29, 1.82) is 0 Å². The van der Waals surface area contributed by atoms with Gasteiger partial charge in [-0.25, -0.2) is 0 Å². The first-order chi connectivity index (χ1) is 17.1. The molecular formula is C31H45NO3S2. The third kappa shape index (κ3) is 10.9. The summed E-state index contributed by atoms with van der Waals surface area (Å²) in [6.45, 7) is 23.9. The smallest absolute Gasteiger partial charge is 0.305 e. The molecule has 0 aliphatic carbocycles. The van der Waals surface area contributed by atoms with Gasteiger partial charge in [0.05, 0.1) is 11.3 Å². The van der Waals surface area contributed by atoms with Crippen molar-refractivity contribution in [2.24, 2.45) is 5.41 Å². The van der Waals surface area contributed by atoms with Crippen LogP contribution in [0.2, 0.25) is 0 Å². The number of nitrogens with one attached hydrogen (secondary N) is 1. The lowest BCUT2D eigenvalue weighted by Gasteiger charge is -2.23. The van der Waals surface area contributed by atoms with Gasteiger partial charge in [-0.05, 0) is 93.2 Å². The topological polar surface area (TPSA) is 66.4 Å². The number of carboxylic acid groups (broad SMARTS) is 1. The van der Waals surface area contributed by atoms with Crippen LogP contribution in [0.1, 0.15) is 96.1 Å². The Bertz CT molecular complexity index is 1100. The number of thiophene rings is 1. The maximum Gasteiger partial charge on any atom is 0.305 e. The second-order valence-electron chi connectivity index (χ2n) is 10.6. The molecule has 1 aromatic rings. The van der Waals surface area contributed by atoms with E-state index in [9.17, 15) is 9.59 Å². The van der Waals surface area contributed by atoms with Crippen molar-refractivity contribution >= 4 is 35.0 Å². The summed E-state index contributed by atoms with van der Waals surface area (Å²) in [5.41, 5.74) is 4.85. The number of allylic oxidation sites excluding steroid dienone is 9. The maximum atomic E-state index is 12.4. The molecule has 0 spiro atoms. The van der Waals surface area contributed by atoms with Crippen molar-refractivity contribution in [3.8, 4) is 0 Å². The average Bonchev–Trinajstić information content (AvgIpc) is 3.28. The predicted octanol–water partition coefficient (Wildman–Crippen LogP) is 9.05. The van der Waals surface area contributed by atoms with Crippen molar-refractivity contribution in [1.82, 2.24) is 5.32 Å². The van der Waals surface area contributed by atoms with Gasteiger partial charge < -0.3 is 10.4 Å². The van der Waals surface area contributed by atoms with Crippen LogP contribution in [0.25, 0.3) is 0 Å². The van der Waals surface area contributed by atoms with Gasteiger partial charge in [0.2, 0.25) is 0 Å². The van der Waals surface area contributed by atoms with Gasteiger partial charge in [0, 0.05) is 16.2 Å². The number of hydrogen-bond donors (Lipinski definition) is 2. The largest absolute Gasteiger partial charge is 0.481 e. The van der Waals surface area contributed by atoms with Gasteiger partial charge in [0.15, 0.2) is 0 Å². The highest BCUT2D eigenvalue weighted by atomic mass is 32.2. The predicted molar refractivity (Wildman–Crippen MR) is 162 cm³/mol. The monoisotopic (exact) mass is 543 g/mol. The number of amides is 1. The summed E-state index contributed by atoms with van der Waals surface area (Å²) in [5, 5.41) is 11.4. The molecule has 0 aliphatic rings. The molecule has 1 rings (SSSR count). The van der Waals surface area contributed by atoms with E-state index in [1.165, 1.54) is 33.0 Å². The fraction of sp³-hybridized carbons (Fsp3) is 0.484. The SMILES string of the molecule is C=C(C)C(/C(/C=C\CC(C)(C)CC)=C/C)=C(C)\C=C(/C)SC(C)(C)c1ccc(C(=O)NCCC(=O)O)s1. The number of hydrogen-bond acceptors (Lipinski definition) is 4. The average molecular weight is 544 g/mol. The molecule has 0 unspecified atom stereocenters. The van der Waals surface area contributed by atoms with Crippen molar-refractivity contribution in [3.63, 3.8) is 0 Å². The van der Waals surface area contributed by atoms with Gasteiger partial charge in [-0.1, -0.05) is 57.6 Å². The maximum absolute atomic E-state index is 12.4. The molecule has 6 heteroatoms. The van der Waals surface area contributed by atoms with Crippen LogP contribution in [-0.2, 0) is 9.54 Å². The molecule has 37 heavy (non-hydrogen) atoms. The van der Waals surface area contributed by atoms with Crippen molar-refractivity contribution in [3.05, 3.63) is 80.0 Å². The minimum Gasteiger partial charge on any atom is -0.481 e. The molecule has 0 saturated carbocycles. The van der Waals surface area contributed by atoms with Crippen LogP contribution in [0.15, 0.2) is 70.2 Å². The fourth-order valence-corrected chi connectivity index (χ4v) is 6.18. The van der Waals surface area contributed by atoms with Crippen LogP contribution in [0.5, 0.6) is 0 Å². The first-order valence-electron chi connectivity index (χ1n) is 12.8. The molecule has 0 saturated heterocycles. The van der Waals surface area contributed by atoms with Crippen LogP contribution in [-0.4, -0.2) is 23.5 Å². The highest BCUT2D eigenvalue weighted by molar-refractivity contribution is 8.04. The summed E-state index contributed by atoms with van der Waals surface area (Å²) in [7, 11) is 0. The van der Waals surface area contributed by atoms with Crippen LogP contribution >= 0.6 is 23.1 Å². The van der Waals surface area contributed by atoms with E-state index in [1.54, 1.807) is 11.8 Å². The molecule has 0 fully saturated rings. The van der Waals surface area contributed by atoms with E-state index in [-0.39, 0.29) is 29.0 Å². The van der Waals surface area contributed by atoms with Crippen molar-refractivity contribution in [2.45, 2.75) is 86.3 Å². The van der Waals surface area contributed by atoms with E-state index >= 15 is 0 Å². The van der Waals surface area contributed by atoms with Gasteiger partial charge in [0.25, 0.3) is 5.91 Å². The van der Waals surface area contributed by atoms with E-state index in [1.807, 2.05) is 12.1 Å². The van der Waals surface area contributed by atoms with Gasteiger partial charge in [-0.15, -0.1) is 23.1 Å². The third-order valence-corrected chi connectivity index (χ3v) is 8.94. The number of thioether (sulfide) groups is 1. The summed E-state index contributed by atoms with van der Waals surface area (Å²) in [5.74, 6) is -1.16. The number of aliphatic carboxylic acids is 1. The summed E-state index contributed by atoms with van der Waals surface area (Å²) in [6, 6.07) is 3.80. The summed E-state index contributed by atoms with van der Waals surface area (Å²) < 4.78 is -0.233. The van der Waals surface area contributed by atoms with Gasteiger partial charge in [-0.3, -0.25) is 9.59 Å². The number of carbonyl (C=O) groups is 2. The van der Waals surface area contributed by atoms with Gasteiger partial charge in [-0.2, -0.15) is 0 Å². The standard InChI is InChI=1S/C31H45NO3S2/c1-11-24(14-13-18-30(7,8)12-2)28(21(3)4)22(5)20-23(6)37-31(9,10)26-16-15-25(36-26)29(35)32-19-17-27(33)34/h11,13-16,20H,3,12,17-19H2,1-2,4-10H3,(H,32,35)(H,33,34)/b14-13-,23-20+,24-11+,28-22+. The Morgan fingerprint density at radius 1 is 1.16 bits per heavy atom. The number of rotatable bonds is 14. The summed E-state index contributed by atoms with van der Waals surface area (Å²) >= 11 is 3.21. The van der Waals surface area contributed by atoms with E-state index in [0.29, 0.717) is 4.88 Å². The van der Waals surface area contributed by atoms with Gasteiger partial charge in [0.1, 0.15) is 0 Å². The lowest BCUT2D eigenvalue weighted by Crippen LogP contribution is -2.25. The van der Waals surface area contributed by atoms with E-state index in [0.717, 1.165) is 23.3 Å². The Morgan fingerprint density at radius 2 is 1.81 bits per heavy atom. The molecule has 4 nitrogen and oxygen atoms in total. The van der Waals surface area contributed by atoms with Gasteiger partial charge >= 0.3 is 5.97 Å². The van der Waals surface area contributed by atoms with E-state index in [2.05, 4.69) is 98.5 Å². The first-order valence-corrected chi connectivity index (χ1v) is 14.4. The lowest BCUT2D eigenvalue weighted by molar-refractivity contribution is -0.136. The normalized spacial score (nSPS) is 14.1. The molecule has 1 amide bonds. The zero-order valence-corrected chi connectivity index (χ0v) is 25.7. The molecule has 0 aliphatic heterocycles. The number of carboxylic acids is 1. The number of carbonyl (C=O) groups excluding carboxylic acids is 1. The Balaban J connectivity index is 3.10. The van der Waals surface area contributed by atoms with Crippen LogP contribution in [0.4, 0.5) is 0 Å². The fourth-order valence-electron chi connectivity index (χ4n) is 3.80. The second kappa shape index (κ2) is 14.6. The molecule has 2 N–H and O–H groups in total. The quantitative estimate of drug-likeness (QED) is 0.230. The molecular weight excluding hydrogens is 498 g/mol. The first kappa shape index (κ1) is 32.7. The Kier molecular flexibility index (Phi) is 12.9. The lowest BCUT2D eigenvalue weighted by atomic mass is 9.85. The van der Waals surface area contributed by atoms with Crippen LogP contribution in [0, 0.1) is 5.41 Å². The zero-order valence-electron chi connectivity index (χ0n) is 24.1. The third-order valence-electron chi connectivity index (χ3n) is 6.23. The van der Waals surface area contributed by atoms with Crippen molar-refractivity contribution < 1.29 is 14.7 Å². The minimum atomic E-state index is -0.927. The Labute approximate surface area is 232 Å². The van der Waals surface area contributed by atoms with Crippen molar-refractivity contribution in [2.75, 3.05) is 6.54 Å². The second-order valence-corrected chi connectivity index (χ2v) is 13.6.